The van der Waals surface area contributed by atoms with Crippen molar-refractivity contribution >= 4 is 29.0 Å². The SMILES string of the molecule is N/C(=N\OCc1ccc(Cl)cc1Cl)c1ccccc1. The molecule has 0 spiro atoms. The molecule has 0 saturated carbocycles. The lowest BCUT2D eigenvalue weighted by atomic mass is 10.2. The quantitative estimate of drug-likeness (QED) is 0.529. The lowest BCUT2D eigenvalue weighted by molar-refractivity contribution is 0.130. The van der Waals surface area contributed by atoms with Crippen molar-refractivity contribution in [1.29, 1.82) is 0 Å². The minimum absolute atomic E-state index is 0.240. The number of benzene rings is 2. The predicted molar refractivity (Wildman–Crippen MR) is 78.4 cm³/mol. The van der Waals surface area contributed by atoms with Gasteiger partial charge in [-0.05, 0) is 12.1 Å². The summed E-state index contributed by atoms with van der Waals surface area (Å²) in [5.74, 6) is 0.325. The predicted octanol–water partition coefficient (Wildman–Crippen LogP) is 3.83. The van der Waals surface area contributed by atoms with E-state index in [1.54, 1.807) is 18.2 Å². The lowest BCUT2D eigenvalue weighted by Gasteiger charge is -2.04. The van der Waals surface area contributed by atoms with Crippen LogP contribution in [0, 0.1) is 0 Å². The van der Waals surface area contributed by atoms with E-state index in [0.717, 1.165) is 11.1 Å². The van der Waals surface area contributed by atoms with E-state index in [2.05, 4.69) is 5.16 Å². The summed E-state index contributed by atoms with van der Waals surface area (Å²) in [7, 11) is 0. The zero-order chi connectivity index (χ0) is 13.7. The minimum atomic E-state index is 0.240. The third-order valence-corrected chi connectivity index (χ3v) is 3.05. The van der Waals surface area contributed by atoms with Crippen LogP contribution in [0.3, 0.4) is 0 Å². The molecule has 0 atom stereocenters. The maximum Gasteiger partial charge on any atom is 0.170 e. The van der Waals surface area contributed by atoms with Gasteiger partial charge in [0.25, 0.3) is 0 Å². The Kier molecular flexibility index (Phi) is 4.66. The van der Waals surface area contributed by atoms with Crippen LogP contribution in [0.5, 0.6) is 0 Å². The van der Waals surface area contributed by atoms with Gasteiger partial charge in [0.1, 0.15) is 6.61 Å². The van der Waals surface area contributed by atoms with Gasteiger partial charge in [-0.1, -0.05) is 64.8 Å². The third kappa shape index (κ3) is 3.88. The molecule has 2 rings (SSSR count). The first-order valence-electron chi connectivity index (χ1n) is 5.61. The van der Waals surface area contributed by atoms with Gasteiger partial charge in [-0.25, -0.2) is 0 Å². The van der Waals surface area contributed by atoms with Gasteiger partial charge in [-0.15, -0.1) is 0 Å². The van der Waals surface area contributed by atoms with Crippen molar-refractivity contribution in [1.82, 2.24) is 0 Å². The molecule has 0 aliphatic rings. The zero-order valence-electron chi connectivity index (χ0n) is 10.0. The molecule has 0 aliphatic heterocycles. The van der Waals surface area contributed by atoms with Crippen molar-refractivity contribution < 1.29 is 4.84 Å². The minimum Gasteiger partial charge on any atom is -0.389 e. The fourth-order valence-corrected chi connectivity index (χ4v) is 1.93. The largest absolute Gasteiger partial charge is 0.389 e. The number of nitrogens with two attached hydrogens (primary N) is 1. The number of nitrogens with zero attached hydrogens (tertiary/aromatic N) is 1. The Labute approximate surface area is 121 Å². The van der Waals surface area contributed by atoms with Crippen LogP contribution >= 0.6 is 23.2 Å². The standard InChI is InChI=1S/C14H12Cl2N2O/c15-12-7-6-11(13(16)8-12)9-19-18-14(17)10-4-2-1-3-5-10/h1-8H,9H2,(H2,17,18). The highest BCUT2D eigenvalue weighted by molar-refractivity contribution is 6.35. The summed E-state index contributed by atoms with van der Waals surface area (Å²) in [6.07, 6.45) is 0. The second-order valence-electron chi connectivity index (χ2n) is 3.85. The average Bonchev–Trinajstić information content (AvgIpc) is 2.42. The summed E-state index contributed by atoms with van der Waals surface area (Å²) in [6, 6.07) is 14.6. The van der Waals surface area contributed by atoms with Gasteiger partial charge < -0.3 is 10.6 Å². The van der Waals surface area contributed by atoms with E-state index < -0.39 is 0 Å². The van der Waals surface area contributed by atoms with E-state index >= 15 is 0 Å². The summed E-state index contributed by atoms with van der Waals surface area (Å²) in [5, 5.41) is 4.98. The monoisotopic (exact) mass is 294 g/mol. The van der Waals surface area contributed by atoms with Gasteiger partial charge in [-0.3, -0.25) is 0 Å². The van der Waals surface area contributed by atoms with Gasteiger partial charge in [0.2, 0.25) is 0 Å². The molecule has 0 unspecified atom stereocenters. The summed E-state index contributed by atoms with van der Waals surface area (Å²) in [6.45, 7) is 0.240. The smallest absolute Gasteiger partial charge is 0.170 e. The van der Waals surface area contributed by atoms with Crippen LogP contribution in [0.15, 0.2) is 53.7 Å². The molecule has 2 aromatic rings. The van der Waals surface area contributed by atoms with Crippen molar-refractivity contribution in [3.05, 3.63) is 69.7 Å². The molecule has 5 heteroatoms. The van der Waals surface area contributed by atoms with E-state index in [1.165, 1.54) is 0 Å². The first kappa shape index (κ1) is 13.7. The summed E-state index contributed by atoms with van der Waals surface area (Å²) in [5.41, 5.74) is 7.40. The first-order chi connectivity index (χ1) is 9.16. The van der Waals surface area contributed by atoms with Crippen LogP contribution in [-0.4, -0.2) is 5.84 Å². The molecule has 0 aliphatic carbocycles. The fraction of sp³-hybridized carbons (Fsp3) is 0.0714. The molecule has 2 N–H and O–H groups in total. The van der Waals surface area contributed by atoms with Crippen LogP contribution in [0.1, 0.15) is 11.1 Å². The van der Waals surface area contributed by atoms with Crippen molar-refractivity contribution in [2.75, 3.05) is 0 Å². The van der Waals surface area contributed by atoms with Crippen LogP contribution in [-0.2, 0) is 11.4 Å². The second kappa shape index (κ2) is 6.45. The van der Waals surface area contributed by atoms with Gasteiger partial charge in [-0.2, -0.15) is 0 Å². The molecule has 0 saturated heterocycles. The maximum atomic E-state index is 6.02. The topological polar surface area (TPSA) is 47.6 Å². The Morgan fingerprint density at radius 2 is 1.84 bits per heavy atom. The molecule has 2 aromatic carbocycles. The van der Waals surface area contributed by atoms with Gasteiger partial charge in [0.05, 0.1) is 0 Å². The highest BCUT2D eigenvalue weighted by atomic mass is 35.5. The van der Waals surface area contributed by atoms with Crippen LogP contribution in [0.2, 0.25) is 10.0 Å². The average molecular weight is 295 g/mol. The van der Waals surface area contributed by atoms with Gasteiger partial charge in [0.15, 0.2) is 5.84 Å². The van der Waals surface area contributed by atoms with Crippen molar-refractivity contribution in [2.45, 2.75) is 6.61 Å². The van der Waals surface area contributed by atoms with Crippen molar-refractivity contribution in [3.8, 4) is 0 Å². The van der Waals surface area contributed by atoms with E-state index in [4.69, 9.17) is 33.8 Å². The number of rotatable bonds is 4. The number of oxime groups is 1. The molecule has 0 heterocycles. The normalized spacial score (nSPS) is 11.4. The fourth-order valence-electron chi connectivity index (χ4n) is 1.47. The molecule has 0 fully saturated rings. The first-order valence-corrected chi connectivity index (χ1v) is 6.37. The molecule has 0 amide bonds. The molecule has 0 aromatic heterocycles. The van der Waals surface area contributed by atoms with Crippen LogP contribution < -0.4 is 5.73 Å². The van der Waals surface area contributed by atoms with Crippen LogP contribution in [0.25, 0.3) is 0 Å². The van der Waals surface area contributed by atoms with Crippen molar-refractivity contribution in [3.63, 3.8) is 0 Å². The Hall–Kier alpha value is -1.71. The molecule has 3 nitrogen and oxygen atoms in total. The van der Waals surface area contributed by atoms with Crippen molar-refractivity contribution in [2.24, 2.45) is 10.9 Å². The van der Waals surface area contributed by atoms with Gasteiger partial charge in [0, 0.05) is 21.2 Å². The molecule has 98 valence electrons. The summed E-state index contributed by atoms with van der Waals surface area (Å²) in [4.78, 5) is 5.19. The number of halogens is 2. The second-order valence-corrected chi connectivity index (χ2v) is 4.70. The van der Waals surface area contributed by atoms with E-state index in [0.29, 0.717) is 15.9 Å². The molecule has 0 radical (unpaired) electrons. The van der Waals surface area contributed by atoms with E-state index in [1.807, 2.05) is 30.3 Å². The molecule has 0 bridgehead atoms. The zero-order valence-corrected chi connectivity index (χ0v) is 11.5. The van der Waals surface area contributed by atoms with Crippen LogP contribution in [0.4, 0.5) is 0 Å². The summed E-state index contributed by atoms with van der Waals surface area (Å²) >= 11 is 11.8. The number of hydrogen-bond donors (Lipinski definition) is 1. The Bertz CT molecular complexity index is 585. The van der Waals surface area contributed by atoms with Gasteiger partial charge >= 0.3 is 0 Å². The molecular formula is C14H12Cl2N2O. The highest BCUT2D eigenvalue weighted by Gasteiger charge is 2.02. The number of amidine groups is 1. The highest BCUT2D eigenvalue weighted by Crippen LogP contribution is 2.21. The molecule has 19 heavy (non-hydrogen) atoms. The maximum absolute atomic E-state index is 6.02. The third-order valence-electron chi connectivity index (χ3n) is 2.47. The molecular weight excluding hydrogens is 283 g/mol. The lowest BCUT2D eigenvalue weighted by Crippen LogP contribution is -2.13. The van der Waals surface area contributed by atoms with E-state index in [9.17, 15) is 0 Å². The Morgan fingerprint density at radius 3 is 2.53 bits per heavy atom. The Morgan fingerprint density at radius 1 is 1.11 bits per heavy atom. The number of hydrogen-bond acceptors (Lipinski definition) is 2. The summed E-state index contributed by atoms with van der Waals surface area (Å²) < 4.78 is 0. The Balaban J connectivity index is 2.00. The van der Waals surface area contributed by atoms with E-state index in [-0.39, 0.29) is 6.61 Å².